The first kappa shape index (κ1) is 30.9. The van der Waals surface area contributed by atoms with Crippen molar-refractivity contribution in [3.63, 3.8) is 0 Å². The van der Waals surface area contributed by atoms with Gasteiger partial charge in [0.1, 0.15) is 12.4 Å². The highest BCUT2D eigenvalue weighted by Crippen LogP contribution is 2.27. The molecule has 0 bridgehead atoms. The molecule has 4 rings (SSSR count). The molecule has 1 unspecified atom stereocenters. The summed E-state index contributed by atoms with van der Waals surface area (Å²) < 4.78 is 36.6. The van der Waals surface area contributed by atoms with Crippen LogP contribution in [0.5, 0.6) is 5.75 Å². The molecule has 1 fully saturated rings. The Hall–Kier alpha value is -2.02. The van der Waals surface area contributed by atoms with Crippen LogP contribution in [0.3, 0.4) is 0 Å². The average molecular weight is 609 g/mol. The van der Waals surface area contributed by atoms with Gasteiger partial charge in [-0.25, -0.2) is 18.4 Å². The molecule has 0 radical (unpaired) electrons. The van der Waals surface area contributed by atoms with E-state index in [-0.39, 0.29) is 0 Å². The number of halogens is 1. The molecular formula is C28H41ClN6O3S2. The summed E-state index contributed by atoms with van der Waals surface area (Å²) in [4.78, 5) is 11.1. The second-order valence-corrected chi connectivity index (χ2v) is 13.9. The minimum Gasteiger partial charge on any atom is -0.492 e. The lowest BCUT2D eigenvalue weighted by Gasteiger charge is -2.33. The Kier molecular flexibility index (Phi) is 11.8. The van der Waals surface area contributed by atoms with Gasteiger partial charge in [0.2, 0.25) is 0 Å². The largest absolute Gasteiger partial charge is 0.492 e. The molecule has 1 N–H and O–H groups in total. The molecule has 2 aromatic heterocycles. The summed E-state index contributed by atoms with van der Waals surface area (Å²) in [5.41, 5.74) is 1.08. The van der Waals surface area contributed by atoms with Crippen molar-refractivity contribution in [1.29, 1.82) is 0 Å². The van der Waals surface area contributed by atoms with Crippen molar-refractivity contribution < 1.29 is 13.2 Å². The van der Waals surface area contributed by atoms with Gasteiger partial charge >= 0.3 is 0 Å². The highest BCUT2D eigenvalue weighted by molar-refractivity contribution is 7.91. The second-order valence-electron chi connectivity index (χ2n) is 10.2. The number of imidazole rings is 1. The first-order chi connectivity index (χ1) is 19.4. The number of hydrogen-bond donors (Lipinski definition) is 1. The Labute approximate surface area is 247 Å². The molecule has 1 aromatic carbocycles. The maximum absolute atomic E-state index is 13.4. The fourth-order valence-corrected chi connectivity index (χ4v) is 7.77. The van der Waals surface area contributed by atoms with E-state index in [1.54, 1.807) is 10.5 Å². The molecule has 12 heteroatoms. The van der Waals surface area contributed by atoms with Crippen molar-refractivity contribution >= 4 is 33.0 Å². The molecule has 40 heavy (non-hydrogen) atoms. The number of piperazine rings is 1. The summed E-state index contributed by atoms with van der Waals surface area (Å²) in [5.74, 6) is 1.29. The topological polar surface area (TPSA) is 92.6 Å². The van der Waals surface area contributed by atoms with E-state index in [1.165, 1.54) is 11.3 Å². The minimum atomic E-state index is -3.53. The number of thiazole rings is 1. The molecule has 0 saturated carbocycles. The smallest absolute Gasteiger partial charge is 0.254 e. The van der Waals surface area contributed by atoms with E-state index in [1.807, 2.05) is 36.8 Å². The third kappa shape index (κ3) is 8.74. The van der Waals surface area contributed by atoms with Gasteiger partial charge in [-0.2, -0.15) is 4.31 Å². The van der Waals surface area contributed by atoms with Crippen LogP contribution in [0.15, 0.2) is 47.2 Å². The number of rotatable bonds is 16. The summed E-state index contributed by atoms with van der Waals surface area (Å²) in [7, 11) is -3.53. The molecule has 9 nitrogen and oxygen atoms in total. The maximum Gasteiger partial charge on any atom is 0.254 e. The number of nitrogens with zero attached hydrogens (tertiary/aromatic N) is 5. The monoisotopic (exact) mass is 608 g/mol. The van der Waals surface area contributed by atoms with Crippen molar-refractivity contribution in [1.82, 2.24) is 29.1 Å². The molecule has 0 amide bonds. The van der Waals surface area contributed by atoms with Gasteiger partial charge in [-0.05, 0) is 56.1 Å². The molecule has 3 aromatic rings. The van der Waals surface area contributed by atoms with Crippen LogP contribution in [0.1, 0.15) is 43.8 Å². The van der Waals surface area contributed by atoms with E-state index in [0.717, 1.165) is 55.2 Å². The molecule has 3 heterocycles. The molecule has 0 aliphatic carbocycles. The van der Waals surface area contributed by atoms with Gasteiger partial charge in [-0.15, -0.1) is 11.3 Å². The highest BCUT2D eigenvalue weighted by Gasteiger charge is 2.30. The lowest BCUT2D eigenvalue weighted by molar-refractivity contribution is 0.177. The Morgan fingerprint density at radius 2 is 1.88 bits per heavy atom. The lowest BCUT2D eigenvalue weighted by atomic mass is 9.99. The van der Waals surface area contributed by atoms with Gasteiger partial charge in [0.05, 0.1) is 29.8 Å². The average Bonchev–Trinajstić information content (AvgIpc) is 3.62. The fourth-order valence-electron chi connectivity index (χ4n) is 4.77. The zero-order valence-electron chi connectivity index (χ0n) is 23.5. The first-order valence-corrected chi connectivity index (χ1v) is 16.8. The Balaban J connectivity index is 1.24. The van der Waals surface area contributed by atoms with Crippen molar-refractivity contribution in [2.24, 2.45) is 5.92 Å². The van der Waals surface area contributed by atoms with Crippen molar-refractivity contribution in [3.05, 3.63) is 58.7 Å². The second kappa shape index (κ2) is 15.3. The van der Waals surface area contributed by atoms with Crippen LogP contribution >= 0.6 is 22.9 Å². The summed E-state index contributed by atoms with van der Waals surface area (Å²) in [5, 5.41) is 5.05. The number of sulfonamides is 1. The van der Waals surface area contributed by atoms with Crippen molar-refractivity contribution in [3.8, 4) is 5.75 Å². The van der Waals surface area contributed by atoms with Gasteiger partial charge in [0, 0.05) is 50.4 Å². The molecular weight excluding hydrogens is 568 g/mol. The van der Waals surface area contributed by atoms with E-state index in [4.69, 9.17) is 16.3 Å². The van der Waals surface area contributed by atoms with Gasteiger partial charge in [0.25, 0.3) is 10.0 Å². The third-order valence-corrected chi connectivity index (χ3v) is 10.9. The number of aromatic nitrogens is 3. The standard InChI is InChI=1S/C28H41ClN6O3S2/c1-3-10-30-11-9-23(4-2)18-27-32-20-28(39-27)40(36,37)35-14-12-33(13-15-35)21-25-19-31-22-34(25)16-17-38-26-7-5-24(29)6-8-26/h5-8,19-20,22-23,30H,3-4,9-18,21H2,1-2H3. The van der Waals surface area contributed by atoms with Crippen LogP contribution in [-0.4, -0.2) is 78.0 Å². The van der Waals surface area contributed by atoms with Crippen LogP contribution < -0.4 is 10.1 Å². The first-order valence-electron chi connectivity index (χ1n) is 14.1. The predicted molar refractivity (Wildman–Crippen MR) is 161 cm³/mol. The normalized spacial score (nSPS) is 15.9. The molecule has 1 aliphatic heterocycles. The van der Waals surface area contributed by atoms with Crippen molar-refractivity contribution in [2.75, 3.05) is 45.9 Å². The SMILES string of the molecule is CCCNCCC(CC)Cc1ncc(S(=O)(=O)N2CCN(Cc3cncn3CCOc3ccc(Cl)cc3)CC2)s1. The quantitative estimate of drug-likeness (QED) is 0.239. The highest BCUT2D eigenvalue weighted by atomic mass is 35.5. The predicted octanol–water partition coefficient (Wildman–Crippen LogP) is 4.54. The van der Waals surface area contributed by atoms with E-state index in [9.17, 15) is 8.42 Å². The summed E-state index contributed by atoms with van der Waals surface area (Å²) in [6.45, 7) is 10.5. The Bertz CT molecular complexity index is 1270. The van der Waals surface area contributed by atoms with Crippen LogP contribution in [0, 0.1) is 5.92 Å². The van der Waals surface area contributed by atoms with E-state index < -0.39 is 10.0 Å². The molecule has 1 aliphatic rings. The summed E-state index contributed by atoms with van der Waals surface area (Å²) >= 11 is 7.27. The van der Waals surface area contributed by atoms with Gasteiger partial charge in [-0.3, -0.25) is 4.90 Å². The zero-order valence-corrected chi connectivity index (χ0v) is 25.9. The number of nitrogens with one attached hydrogen (secondary N) is 1. The van der Waals surface area contributed by atoms with E-state index in [2.05, 4.69) is 38.6 Å². The van der Waals surface area contributed by atoms with Gasteiger partial charge in [-0.1, -0.05) is 31.9 Å². The van der Waals surface area contributed by atoms with Crippen LogP contribution in [0.25, 0.3) is 0 Å². The maximum atomic E-state index is 13.4. The number of hydrogen-bond acceptors (Lipinski definition) is 8. The Morgan fingerprint density at radius 1 is 1.10 bits per heavy atom. The Morgan fingerprint density at radius 3 is 2.60 bits per heavy atom. The van der Waals surface area contributed by atoms with Crippen LogP contribution in [0.4, 0.5) is 0 Å². The molecule has 0 spiro atoms. The minimum absolute atomic E-state index is 0.355. The number of benzene rings is 1. The van der Waals surface area contributed by atoms with Crippen LogP contribution in [-0.2, 0) is 29.5 Å². The van der Waals surface area contributed by atoms with E-state index >= 15 is 0 Å². The lowest BCUT2D eigenvalue weighted by Crippen LogP contribution is -2.48. The van der Waals surface area contributed by atoms with Gasteiger partial charge < -0.3 is 14.6 Å². The molecule has 1 saturated heterocycles. The zero-order chi connectivity index (χ0) is 28.4. The van der Waals surface area contributed by atoms with Crippen molar-refractivity contribution in [2.45, 2.75) is 56.8 Å². The van der Waals surface area contributed by atoms with E-state index in [0.29, 0.717) is 61.0 Å². The van der Waals surface area contributed by atoms with Crippen LogP contribution in [0.2, 0.25) is 5.02 Å². The van der Waals surface area contributed by atoms with Gasteiger partial charge in [0.15, 0.2) is 4.21 Å². The fraction of sp³-hybridized carbons (Fsp3) is 0.571. The summed E-state index contributed by atoms with van der Waals surface area (Å²) in [6.07, 6.45) is 9.33. The molecule has 220 valence electrons. The molecule has 1 atom stereocenters. The third-order valence-electron chi connectivity index (χ3n) is 7.25. The summed E-state index contributed by atoms with van der Waals surface area (Å²) in [6, 6.07) is 7.33. The number of ether oxygens (including phenoxy) is 1.